The minimum absolute atomic E-state index is 0.0111. The Balaban J connectivity index is 1.75. The Morgan fingerprint density at radius 1 is 1.00 bits per heavy atom. The molecular formula is C25H29N3O3S. The number of nitrogens with zero attached hydrogens (tertiary/aromatic N) is 2. The Bertz CT molecular complexity index is 1040. The zero-order valence-corrected chi connectivity index (χ0v) is 19.5. The summed E-state index contributed by atoms with van der Waals surface area (Å²) in [6.45, 7) is 7.98. The van der Waals surface area contributed by atoms with Crippen molar-refractivity contribution < 1.29 is 14.7 Å². The average molecular weight is 452 g/mol. The minimum atomic E-state index is -0.934. The van der Waals surface area contributed by atoms with E-state index in [9.17, 15) is 9.59 Å². The van der Waals surface area contributed by atoms with Crippen LogP contribution in [0.3, 0.4) is 0 Å². The highest BCUT2D eigenvalue weighted by molar-refractivity contribution is 7.13. The lowest BCUT2D eigenvalue weighted by atomic mass is 9.93. The normalized spacial score (nSPS) is 11.2. The van der Waals surface area contributed by atoms with Crippen LogP contribution in [0, 0.1) is 0 Å². The van der Waals surface area contributed by atoms with Gasteiger partial charge in [-0.1, -0.05) is 63.2 Å². The first-order valence-electron chi connectivity index (χ1n) is 10.6. The van der Waals surface area contributed by atoms with Crippen molar-refractivity contribution in [3.63, 3.8) is 0 Å². The number of amides is 1. The van der Waals surface area contributed by atoms with E-state index in [2.05, 4.69) is 48.5 Å². The molecule has 0 spiro atoms. The summed E-state index contributed by atoms with van der Waals surface area (Å²) in [6, 6.07) is 17.7. The lowest BCUT2D eigenvalue weighted by Crippen LogP contribution is -2.26. The fraction of sp³-hybridized carbons (Fsp3) is 0.320. The Morgan fingerprint density at radius 3 is 2.19 bits per heavy atom. The van der Waals surface area contributed by atoms with Crippen LogP contribution < -0.4 is 10.2 Å². The predicted molar refractivity (Wildman–Crippen MR) is 128 cm³/mol. The summed E-state index contributed by atoms with van der Waals surface area (Å²) in [5.41, 5.74) is 3.84. The number of anilines is 1. The molecule has 1 heterocycles. The minimum Gasteiger partial charge on any atom is -0.481 e. The molecule has 0 aliphatic rings. The van der Waals surface area contributed by atoms with Crippen molar-refractivity contribution >= 4 is 28.3 Å². The summed E-state index contributed by atoms with van der Waals surface area (Å²) in [6.07, 6.45) is -0.0946. The standard InChI is InChI=1S/C25H29N3O3S/c1-25(2,3)21-17-32-24(27-21)28(15-18-7-5-4-6-8-18)16-19-9-11-20(12-10-19)23(31)26-14-13-22(29)30/h4-12,17H,13-16H2,1-3H3,(H,26,31)(H,29,30). The summed E-state index contributed by atoms with van der Waals surface area (Å²) in [5.74, 6) is -1.20. The molecule has 1 aromatic heterocycles. The third-order valence-corrected chi connectivity index (χ3v) is 5.86. The van der Waals surface area contributed by atoms with Gasteiger partial charge < -0.3 is 15.3 Å². The molecule has 0 atom stereocenters. The largest absolute Gasteiger partial charge is 0.481 e. The molecule has 0 aliphatic heterocycles. The van der Waals surface area contributed by atoms with Crippen molar-refractivity contribution in [1.29, 1.82) is 0 Å². The summed E-state index contributed by atoms with van der Waals surface area (Å²) in [4.78, 5) is 30.0. The number of carbonyl (C=O) groups is 2. The third-order valence-electron chi connectivity index (χ3n) is 4.96. The van der Waals surface area contributed by atoms with Gasteiger partial charge in [0.1, 0.15) is 0 Å². The highest BCUT2D eigenvalue weighted by atomic mass is 32.1. The third kappa shape index (κ3) is 6.65. The number of benzene rings is 2. The van der Waals surface area contributed by atoms with E-state index in [1.54, 1.807) is 23.5 Å². The zero-order valence-electron chi connectivity index (χ0n) is 18.7. The predicted octanol–water partition coefficient (Wildman–Crippen LogP) is 4.85. The van der Waals surface area contributed by atoms with E-state index in [1.165, 1.54) is 5.56 Å². The second kappa shape index (κ2) is 10.4. The van der Waals surface area contributed by atoms with Gasteiger partial charge in [0.05, 0.1) is 12.1 Å². The van der Waals surface area contributed by atoms with E-state index in [4.69, 9.17) is 10.1 Å². The lowest BCUT2D eigenvalue weighted by Gasteiger charge is -2.23. The number of aromatic nitrogens is 1. The Labute approximate surface area is 192 Å². The lowest BCUT2D eigenvalue weighted by molar-refractivity contribution is -0.136. The molecule has 0 bridgehead atoms. The number of aliphatic carboxylic acids is 1. The van der Waals surface area contributed by atoms with Gasteiger partial charge in [0.25, 0.3) is 5.91 Å². The van der Waals surface area contributed by atoms with Crippen LogP contribution in [0.25, 0.3) is 0 Å². The molecule has 0 fully saturated rings. The molecule has 2 aromatic carbocycles. The fourth-order valence-corrected chi connectivity index (χ4v) is 4.17. The van der Waals surface area contributed by atoms with Crippen molar-refractivity contribution in [3.8, 4) is 0 Å². The monoisotopic (exact) mass is 451 g/mol. The van der Waals surface area contributed by atoms with Crippen LogP contribution in [0.4, 0.5) is 5.13 Å². The molecule has 3 rings (SSSR count). The van der Waals surface area contributed by atoms with Gasteiger partial charge in [0, 0.05) is 36.0 Å². The SMILES string of the molecule is CC(C)(C)c1csc(N(Cc2ccccc2)Cc2ccc(C(=O)NCCC(=O)O)cc2)n1. The van der Waals surface area contributed by atoms with Crippen LogP contribution in [0.2, 0.25) is 0 Å². The number of hydrogen-bond acceptors (Lipinski definition) is 5. The maximum Gasteiger partial charge on any atom is 0.305 e. The topological polar surface area (TPSA) is 82.5 Å². The molecule has 6 nitrogen and oxygen atoms in total. The first kappa shape index (κ1) is 23.5. The average Bonchev–Trinajstić information content (AvgIpc) is 3.25. The van der Waals surface area contributed by atoms with Gasteiger partial charge in [0.2, 0.25) is 0 Å². The fourth-order valence-electron chi connectivity index (χ4n) is 3.12. The molecule has 1 amide bonds. The molecule has 168 valence electrons. The number of carbonyl (C=O) groups excluding carboxylic acids is 1. The van der Waals surface area contributed by atoms with Gasteiger partial charge in [-0.05, 0) is 23.3 Å². The van der Waals surface area contributed by atoms with E-state index in [1.807, 2.05) is 30.3 Å². The number of carboxylic acid groups (broad SMARTS) is 1. The molecule has 7 heteroatoms. The van der Waals surface area contributed by atoms with Crippen LogP contribution in [0.5, 0.6) is 0 Å². The Morgan fingerprint density at radius 2 is 1.62 bits per heavy atom. The molecule has 0 saturated carbocycles. The van der Waals surface area contributed by atoms with Crippen molar-refractivity contribution in [1.82, 2.24) is 10.3 Å². The summed E-state index contributed by atoms with van der Waals surface area (Å²) < 4.78 is 0. The molecule has 3 aromatic rings. The summed E-state index contributed by atoms with van der Waals surface area (Å²) in [5, 5.41) is 14.4. The van der Waals surface area contributed by atoms with Gasteiger partial charge in [-0.25, -0.2) is 4.98 Å². The van der Waals surface area contributed by atoms with Crippen LogP contribution >= 0.6 is 11.3 Å². The summed E-state index contributed by atoms with van der Waals surface area (Å²) in [7, 11) is 0. The number of carboxylic acids is 1. The van der Waals surface area contributed by atoms with E-state index in [0.717, 1.165) is 22.9 Å². The van der Waals surface area contributed by atoms with Crippen molar-refractivity contribution in [2.45, 2.75) is 45.7 Å². The Hall–Kier alpha value is -3.19. The van der Waals surface area contributed by atoms with Crippen molar-refractivity contribution in [2.24, 2.45) is 0 Å². The second-order valence-electron chi connectivity index (χ2n) is 8.70. The van der Waals surface area contributed by atoms with E-state index < -0.39 is 5.97 Å². The quantitative estimate of drug-likeness (QED) is 0.486. The van der Waals surface area contributed by atoms with E-state index in [0.29, 0.717) is 12.1 Å². The molecule has 0 aliphatic carbocycles. The van der Waals surface area contributed by atoms with Crippen LogP contribution in [-0.2, 0) is 23.3 Å². The highest BCUT2D eigenvalue weighted by Gasteiger charge is 2.20. The number of hydrogen-bond donors (Lipinski definition) is 2. The molecule has 0 unspecified atom stereocenters. The highest BCUT2D eigenvalue weighted by Crippen LogP contribution is 2.30. The summed E-state index contributed by atoms with van der Waals surface area (Å²) >= 11 is 1.65. The van der Waals surface area contributed by atoms with Crippen LogP contribution in [0.15, 0.2) is 60.0 Å². The number of rotatable bonds is 9. The number of thiazole rings is 1. The maximum absolute atomic E-state index is 12.2. The smallest absolute Gasteiger partial charge is 0.305 e. The van der Waals surface area contributed by atoms with Gasteiger partial charge in [-0.2, -0.15) is 0 Å². The van der Waals surface area contributed by atoms with Gasteiger partial charge in [-0.3, -0.25) is 9.59 Å². The van der Waals surface area contributed by atoms with Crippen molar-refractivity contribution in [3.05, 3.63) is 82.4 Å². The van der Waals surface area contributed by atoms with Crippen LogP contribution in [0.1, 0.15) is 54.4 Å². The first-order valence-corrected chi connectivity index (χ1v) is 11.4. The van der Waals surface area contributed by atoms with Gasteiger partial charge >= 0.3 is 5.97 Å². The molecule has 32 heavy (non-hydrogen) atoms. The Kier molecular flexibility index (Phi) is 7.64. The first-order chi connectivity index (χ1) is 15.2. The van der Waals surface area contributed by atoms with Crippen LogP contribution in [-0.4, -0.2) is 28.5 Å². The molecule has 0 radical (unpaired) electrons. The maximum atomic E-state index is 12.2. The zero-order chi connectivity index (χ0) is 23.1. The molecular weight excluding hydrogens is 422 g/mol. The second-order valence-corrected chi connectivity index (χ2v) is 9.54. The van der Waals surface area contributed by atoms with Crippen molar-refractivity contribution in [2.75, 3.05) is 11.4 Å². The molecule has 2 N–H and O–H groups in total. The van der Waals surface area contributed by atoms with E-state index in [-0.39, 0.29) is 24.3 Å². The molecule has 0 saturated heterocycles. The van der Waals surface area contributed by atoms with Gasteiger partial charge in [0.15, 0.2) is 5.13 Å². The number of nitrogens with one attached hydrogen (secondary N) is 1. The van der Waals surface area contributed by atoms with Gasteiger partial charge in [-0.15, -0.1) is 11.3 Å². The van der Waals surface area contributed by atoms with E-state index >= 15 is 0 Å².